The van der Waals surface area contributed by atoms with Crippen LogP contribution >= 0.6 is 11.6 Å². The van der Waals surface area contributed by atoms with Crippen LogP contribution in [0.5, 0.6) is 0 Å². The summed E-state index contributed by atoms with van der Waals surface area (Å²) in [6, 6.07) is 9.82. The molecular formula is C14H11ClN4O4. The highest BCUT2D eigenvalue weighted by Gasteiger charge is 2.15. The summed E-state index contributed by atoms with van der Waals surface area (Å²) in [6.45, 7) is 0.0281. The fourth-order valence-electron chi connectivity index (χ4n) is 1.97. The Morgan fingerprint density at radius 1 is 1.26 bits per heavy atom. The predicted octanol–water partition coefficient (Wildman–Crippen LogP) is 1.51. The van der Waals surface area contributed by atoms with Crippen molar-refractivity contribution in [1.82, 2.24) is 19.8 Å². The first-order valence-electron chi connectivity index (χ1n) is 6.55. The Hall–Kier alpha value is -2.87. The molecule has 2 heterocycles. The van der Waals surface area contributed by atoms with E-state index in [-0.39, 0.29) is 12.3 Å². The number of furan rings is 1. The lowest BCUT2D eigenvalue weighted by atomic mass is 10.3. The molecule has 118 valence electrons. The van der Waals surface area contributed by atoms with Crippen molar-refractivity contribution in [2.24, 2.45) is 0 Å². The molecule has 9 heteroatoms. The second-order valence-electron chi connectivity index (χ2n) is 4.54. The summed E-state index contributed by atoms with van der Waals surface area (Å²) < 4.78 is 12.0. The fraction of sp³-hybridized carbons (Fsp3) is 0.143. The van der Waals surface area contributed by atoms with Crippen molar-refractivity contribution in [3.8, 4) is 5.69 Å². The summed E-state index contributed by atoms with van der Waals surface area (Å²) in [4.78, 5) is 23.7. The number of hydrogen-bond acceptors (Lipinski definition) is 6. The third kappa shape index (κ3) is 2.88. The molecule has 2 aromatic heterocycles. The van der Waals surface area contributed by atoms with Gasteiger partial charge >= 0.3 is 11.7 Å². The zero-order valence-electron chi connectivity index (χ0n) is 12.0. The lowest BCUT2D eigenvalue weighted by Gasteiger charge is -2.00. The third-order valence-corrected chi connectivity index (χ3v) is 3.39. The first kappa shape index (κ1) is 15.0. The van der Waals surface area contributed by atoms with Crippen molar-refractivity contribution < 1.29 is 13.9 Å². The van der Waals surface area contributed by atoms with E-state index in [2.05, 4.69) is 15.2 Å². The van der Waals surface area contributed by atoms with Crippen LogP contribution in [0.15, 0.2) is 45.6 Å². The van der Waals surface area contributed by atoms with Crippen LogP contribution in [-0.4, -0.2) is 32.9 Å². The Bertz CT molecular complexity index is 911. The largest absolute Gasteiger partial charge is 0.463 e. The number of carbonyl (C=O) groups excluding carboxylic acids is 1. The number of methoxy groups -OCH3 is 1. The Labute approximate surface area is 134 Å². The van der Waals surface area contributed by atoms with E-state index in [9.17, 15) is 9.59 Å². The average molecular weight is 335 g/mol. The molecule has 0 saturated heterocycles. The molecule has 3 rings (SSSR count). The quantitative estimate of drug-likeness (QED) is 0.671. The van der Waals surface area contributed by atoms with E-state index in [1.165, 1.54) is 13.2 Å². The number of rotatable bonds is 4. The van der Waals surface area contributed by atoms with E-state index >= 15 is 0 Å². The highest BCUT2D eigenvalue weighted by molar-refractivity contribution is 6.32. The van der Waals surface area contributed by atoms with Gasteiger partial charge in [-0.05, 0) is 34.7 Å². The van der Waals surface area contributed by atoms with Crippen LogP contribution in [0.2, 0.25) is 5.02 Å². The standard InChI is InChI=1S/C14H11ClN4O4/c1-22-13(20)12-7-6-9(23-12)8-18-14(21)19(17-16-18)11-5-3-2-4-10(11)15/h2-7H,8H2,1H3. The summed E-state index contributed by atoms with van der Waals surface area (Å²) in [6.07, 6.45) is 0. The van der Waals surface area contributed by atoms with Crippen molar-refractivity contribution in [3.05, 3.63) is 63.4 Å². The van der Waals surface area contributed by atoms with Crippen LogP contribution in [0.1, 0.15) is 16.3 Å². The van der Waals surface area contributed by atoms with Gasteiger partial charge in [0.25, 0.3) is 0 Å². The van der Waals surface area contributed by atoms with Crippen molar-refractivity contribution >= 4 is 17.6 Å². The van der Waals surface area contributed by atoms with E-state index in [4.69, 9.17) is 16.0 Å². The van der Waals surface area contributed by atoms with E-state index in [0.29, 0.717) is 16.5 Å². The molecule has 0 spiro atoms. The maximum absolute atomic E-state index is 12.3. The molecule has 1 aromatic carbocycles. The molecule has 8 nitrogen and oxygen atoms in total. The van der Waals surface area contributed by atoms with Gasteiger partial charge in [-0.2, -0.15) is 9.36 Å². The molecule has 23 heavy (non-hydrogen) atoms. The number of tetrazole rings is 1. The Kier molecular flexibility index (Phi) is 3.98. The molecule has 0 aliphatic carbocycles. The van der Waals surface area contributed by atoms with Gasteiger partial charge in [0.2, 0.25) is 5.76 Å². The Morgan fingerprint density at radius 3 is 2.78 bits per heavy atom. The van der Waals surface area contributed by atoms with Crippen molar-refractivity contribution in [3.63, 3.8) is 0 Å². The number of benzene rings is 1. The minimum Gasteiger partial charge on any atom is -0.463 e. The molecule has 0 fully saturated rings. The first-order valence-corrected chi connectivity index (χ1v) is 6.92. The van der Waals surface area contributed by atoms with Crippen LogP contribution in [-0.2, 0) is 11.3 Å². The second-order valence-corrected chi connectivity index (χ2v) is 4.95. The van der Waals surface area contributed by atoms with Gasteiger partial charge in [-0.3, -0.25) is 0 Å². The summed E-state index contributed by atoms with van der Waals surface area (Å²) in [5.74, 6) is -0.170. The third-order valence-electron chi connectivity index (χ3n) is 3.07. The van der Waals surface area contributed by atoms with E-state index in [0.717, 1.165) is 9.36 Å². The smallest absolute Gasteiger partial charge is 0.373 e. The molecule has 0 aliphatic heterocycles. The van der Waals surface area contributed by atoms with Gasteiger partial charge < -0.3 is 9.15 Å². The number of nitrogens with zero attached hydrogens (tertiary/aromatic N) is 4. The van der Waals surface area contributed by atoms with Gasteiger partial charge in [0, 0.05) is 0 Å². The minimum absolute atomic E-state index is 0.0281. The zero-order valence-corrected chi connectivity index (χ0v) is 12.7. The van der Waals surface area contributed by atoms with Crippen LogP contribution in [0.3, 0.4) is 0 Å². The number of para-hydroxylation sites is 1. The van der Waals surface area contributed by atoms with Crippen LogP contribution in [0, 0.1) is 0 Å². The molecule has 0 aliphatic rings. The molecule has 0 amide bonds. The van der Waals surface area contributed by atoms with Crippen molar-refractivity contribution in [2.45, 2.75) is 6.54 Å². The maximum atomic E-state index is 12.3. The number of aromatic nitrogens is 4. The first-order chi connectivity index (χ1) is 11.1. The highest BCUT2D eigenvalue weighted by atomic mass is 35.5. The van der Waals surface area contributed by atoms with Crippen LogP contribution in [0.4, 0.5) is 0 Å². The lowest BCUT2D eigenvalue weighted by molar-refractivity contribution is 0.0562. The highest BCUT2D eigenvalue weighted by Crippen LogP contribution is 2.17. The monoisotopic (exact) mass is 334 g/mol. The summed E-state index contributed by atoms with van der Waals surface area (Å²) in [5, 5.41) is 7.97. The van der Waals surface area contributed by atoms with E-state index < -0.39 is 11.7 Å². The molecular weight excluding hydrogens is 324 g/mol. The predicted molar refractivity (Wildman–Crippen MR) is 79.8 cm³/mol. The van der Waals surface area contributed by atoms with Crippen molar-refractivity contribution in [2.75, 3.05) is 7.11 Å². The van der Waals surface area contributed by atoms with Gasteiger partial charge in [0.15, 0.2) is 0 Å². The molecule has 0 atom stereocenters. The lowest BCUT2D eigenvalue weighted by Crippen LogP contribution is -2.24. The zero-order chi connectivity index (χ0) is 16.4. The Balaban J connectivity index is 1.88. The van der Waals surface area contributed by atoms with Gasteiger partial charge in [-0.15, -0.1) is 0 Å². The average Bonchev–Trinajstić information content (AvgIpc) is 3.16. The molecule has 0 bridgehead atoms. The van der Waals surface area contributed by atoms with Crippen LogP contribution in [0.25, 0.3) is 5.69 Å². The molecule has 0 N–H and O–H groups in total. The number of esters is 1. The van der Waals surface area contributed by atoms with Gasteiger partial charge in [-0.1, -0.05) is 23.7 Å². The summed E-state index contributed by atoms with van der Waals surface area (Å²) in [5.41, 5.74) is -0.0470. The topological polar surface area (TPSA) is 92.2 Å². The minimum atomic E-state index is -0.594. The Morgan fingerprint density at radius 2 is 2.04 bits per heavy atom. The summed E-state index contributed by atoms with van der Waals surface area (Å²) in [7, 11) is 1.25. The number of halogens is 1. The number of ether oxygens (including phenoxy) is 1. The normalized spacial score (nSPS) is 10.7. The van der Waals surface area contributed by atoms with Gasteiger partial charge in [0.05, 0.1) is 17.8 Å². The van der Waals surface area contributed by atoms with Gasteiger partial charge in [0.1, 0.15) is 12.3 Å². The van der Waals surface area contributed by atoms with E-state index in [1.807, 2.05) is 0 Å². The molecule has 0 saturated carbocycles. The number of hydrogen-bond donors (Lipinski definition) is 0. The van der Waals surface area contributed by atoms with Crippen molar-refractivity contribution in [1.29, 1.82) is 0 Å². The second kappa shape index (κ2) is 6.09. The molecule has 3 aromatic rings. The maximum Gasteiger partial charge on any atom is 0.373 e. The summed E-state index contributed by atoms with van der Waals surface area (Å²) >= 11 is 6.05. The molecule has 0 radical (unpaired) electrons. The number of carbonyl (C=O) groups is 1. The molecule has 0 unspecified atom stereocenters. The van der Waals surface area contributed by atoms with Crippen LogP contribution < -0.4 is 5.69 Å². The van der Waals surface area contributed by atoms with Gasteiger partial charge in [-0.25, -0.2) is 9.59 Å². The SMILES string of the molecule is COC(=O)c1ccc(Cn2nnn(-c3ccccc3Cl)c2=O)o1. The van der Waals surface area contributed by atoms with E-state index in [1.54, 1.807) is 30.3 Å². The fourth-order valence-corrected chi connectivity index (χ4v) is 2.18.